The maximum Gasteiger partial charge on any atom is 0.633 e. The summed E-state index contributed by atoms with van der Waals surface area (Å²) in [6, 6.07) is 13.8. The molecule has 26 heavy (non-hydrogen) atoms. The van der Waals surface area contributed by atoms with Crippen molar-refractivity contribution >= 4 is 16.0 Å². The van der Waals surface area contributed by atoms with E-state index in [4.69, 9.17) is 13.4 Å². The van der Waals surface area contributed by atoms with Crippen LogP contribution in [-0.4, -0.2) is 5.54 Å². The summed E-state index contributed by atoms with van der Waals surface area (Å²) in [6.07, 6.45) is 0. The van der Waals surface area contributed by atoms with Crippen molar-refractivity contribution in [1.29, 1.82) is 0 Å². The van der Waals surface area contributed by atoms with E-state index in [0.29, 0.717) is 11.5 Å². The number of rotatable bonds is 7. The fraction of sp³-hybridized carbons (Fsp3) is 0.333. The van der Waals surface area contributed by atoms with Gasteiger partial charge in [0.15, 0.2) is 0 Å². The molecule has 1 unspecified atom stereocenters. The summed E-state index contributed by atoms with van der Waals surface area (Å²) in [6.45, 7) is 9.29. The van der Waals surface area contributed by atoms with E-state index in [2.05, 4.69) is 5.09 Å². The lowest BCUT2D eigenvalue weighted by Crippen LogP contribution is -2.30. The second-order valence-electron chi connectivity index (χ2n) is 6.96. The predicted octanol–water partition coefficient (Wildman–Crippen LogP) is 5.93. The monoisotopic (exact) mass is 396 g/mol. The van der Waals surface area contributed by atoms with Crippen molar-refractivity contribution in [2.75, 3.05) is 0 Å². The molecule has 0 aliphatic carbocycles. The van der Waals surface area contributed by atoms with Crippen LogP contribution in [0.5, 0.6) is 11.5 Å². The first-order valence-corrected chi connectivity index (χ1v) is 10.8. The highest BCUT2D eigenvalue weighted by Gasteiger charge is 2.44. The Kier molecular flexibility index (Phi) is 6.59. The molecule has 140 valence electrons. The summed E-state index contributed by atoms with van der Waals surface area (Å²) >= 11 is 0. The third kappa shape index (κ3) is 6.89. The van der Waals surface area contributed by atoms with Gasteiger partial charge in [-0.15, -0.1) is 0 Å². The highest BCUT2D eigenvalue weighted by Crippen LogP contribution is 2.55. The van der Waals surface area contributed by atoms with Crippen molar-refractivity contribution in [1.82, 2.24) is 5.09 Å². The van der Waals surface area contributed by atoms with Gasteiger partial charge in [0.1, 0.15) is 11.5 Å². The summed E-state index contributed by atoms with van der Waals surface area (Å²) in [5.74, 6) is 0.593. The first-order valence-electron chi connectivity index (χ1n) is 8.12. The Labute approximate surface area is 155 Å². The zero-order chi connectivity index (χ0) is 19.4. The summed E-state index contributed by atoms with van der Waals surface area (Å²) in [7, 11) is -6.66. The van der Waals surface area contributed by atoms with Crippen LogP contribution in [0.4, 0.5) is 0 Å². The smallest absolute Gasteiger partial charge is 0.393 e. The molecule has 0 fully saturated rings. The fourth-order valence-electron chi connectivity index (χ4n) is 1.89. The molecule has 0 heterocycles. The third-order valence-corrected chi connectivity index (χ3v) is 6.19. The SMILES string of the molecule is Cc1ccc(OP(=O)(Oc2ccc(C)cc2)O[P+](=O)NC(C)(C)C)cc1. The minimum atomic E-state index is -4.18. The normalized spacial score (nSPS) is 12.6. The lowest BCUT2D eigenvalue weighted by Gasteiger charge is -2.16. The van der Waals surface area contributed by atoms with Gasteiger partial charge in [-0.25, -0.2) is 4.57 Å². The van der Waals surface area contributed by atoms with Crippen molar-refractivity contribution in [3.8, 4) is 11.5 Å². The van der Waals surface area contributed by atoms with E-state index in [-0.39, 0.29) is 0 Å². The van der Waals surface area contributed by atoms with E-state index < -0.39 is 21.5 Å². The van der Waals surface area contributed by atoms with Crippen molar-refractivity contribution in [3.05, 3.63) is 59.7 Å². The number of aryl methyl sites for hydroxylation is 2. The number of phosphoric acid groups is 1. The van der Waals surface area contributed by atoms with E-state index in [1.807, 2.05) is 34.6 Å². The molecule has 2 rings (SSSR count). The van der Waals surface area contributed by atoms with Crippen LogP contribution in [0.25, 0.3) is 0 Å². The van der Waals surface area contributed by atoms with Crippen molar-refractivity contribution in [2.24, 2.45) is 0 Å². The predicted molar refractivity (Wildman–Crippen MR) is 103 cm³/mol. The van der Waals surface area contributed by atoms with Crippen LogP contribution >= 0.6 is 16.0 Å². The van der Waals surface area contributed by atoms with Gasteiger partial charge in [-0.05, 0) is 63.4 Å². The molecule has 1 N–H and O–H groups in total. The molecule has 0 aromatic heterocycles. The molecule has 8 heteroatoms. The largest absolute Gasteiger partial charge is 0.633 e. The lowest BCUT2D eigenvalue weighted by molar-refractivity contribution is 0.298. The Morgan fingerprint density at radius 3 is 1.58 bits per heavy atom. The van der Waals surface area contributed by atoms with E-state index in [1.165, 1.54) is 0 Å². The van der Waals surface area contributed by atoms with Crippen LogP contribution in [0.1, 0.15) is 31.9 Å². The van der Waals surface area contributed by atoms with Crippen LogP contribution in [0, 0.1) is 13.8 Å². The van der Waals surface area contributed by atoms with Crippen molar-refractivity contribution in [2.45, 2.75) is 40.2 Å². The van der Waals surface area contributed by atoms with Gasteiger partial charge in [0, 0.05) is 4.31 Å². The van der Waals surface area contributed by atoms with Gasteiger partial charge in [-0.1, -0.05) is 40.5 Å². The Hall–Kier alpha value is -1.71. The number of nitrogens with one attached hydrogen (secondary N) is 1. The highest BCUT2D eigenvalue weighted by atomic mass is 31.2. The van der Waals surface area contributed by atoms with E-state index >= 15 is 0 Å². The molecule has 0 spiro atoms. The second-order valence-corrected chi connectivity index (χ2v) is 9.61. The highest BCUT2D eigenvalue weighted by molar-refractivity contribution is 7.58. The number of hydrogen-bond acceptors (Lipinski definition) is 5. The van der Waals surface area contributed by atoms with Crippen molar-refractivity contribution in [3.63, 3.8) is 0 Å². The van der Waals surface area contributed by atoms with E-state index in [1.54, 1.807) is 48.5 Å². The molecular formula is C18H24NO5P2+. The summed E-state index contributed by atoms with van der Waals surface area (Å²) < 4.78 is 41.5. The third-order valence-electron chi connectivity index (χ3n) is 3.08. The summed E-state index contributed by atoms with van der Waals surface area (Å²) in [5, 5.41) is 2.72. The van der Waals surface area contributed by atoms with Crippen LogP contribution in [0.2, 0.25) is 0 Å². The minimum absolute atomic E-state index is 0.296. The maximum atomic E-state index is 13.1. The zero-order valence-electron chi connectivity index (χ0n) is 15.6. The molecule has 0 amide bonds. The Morgan fingerprint density at radius 2 is 1.23 bits per heavy atom. The molecule has 0 saturated carbocycles. The van der Waals surface area contributed by atoms with Gasteiger partial charge in [-0.2, -0.15) is 0 Å². The lowest BCUT2D eigenvalue weighted by atomic mass is 10.1. The number of phosphoric ester groups is 1. The topological polar surface area (TPSA) is 73.9 Å². The first kappa shape index (κ1) is 20.6. The van der Waals surface area contributed by atoms with Crippen LogP contribution in [0.3, 0.4) is 0 Å². The Balaban J connectivity index is 2.23. The minimum Gasteiger partial charge on any atom is -0.393 e. The summed E-state index contributed by atoms with van der Waals surface area (Å²) in [4.78, 5) is 0. The van der Waals surface area contributed by atoms with Gasteiger partial charge in [-0.3, -0.25) is 0 Å². The molecule has 0 aliphatic heterocycles. The van der Waals surface area contributed by atoms with E-state index in [0.717, 1.165) is 11.1 Å². The van der Waals surface area contributed by atoms with Gasteiger partial charge in [0.25, 0.3) is 0 Å². The average Bonchev–Trinajstić information content (AvgIpc) is 2.50. The molecule has 0 radical (unpaired) electrons. The maximum absolute atomic E-state index is 13.1. The number of hydrogen-bond donors (Lipinski definition) is 1. The van der Waals surface area contributed by atoms with E-state index in [9.17, 15) is 9.13 Å². The van der Waals surface area contributed by atoms with Crippen molar-refractivity contribution < 1.29 is 22.5 Å². The first-order chi connectivity index (χ1) is 12.0. The standard InChI is InChI=1S/C18H24NO5P2/c1-14-6-10-16(11-7-14)22-26(21,24-25(20)19-18(3,4)5)23-17-12-8-15(2)9-13-17/h6-13H,1-5H3,(H,19,20)/q+1. The average molecular weight is 396 g/mol. The number of benzene rings is 2. The fourth-order valence-corrected chi connectivity index (χ4v) is 4.39. The van der Waals surface area contributed by atoms with Gasteiger partial charge >= 0.3 is 16.0 Å². The van der Waals surface area contributed by atoms with Crippen LogP contribution < -0.4 is 14.1 Å². The van der Waals surface area contributed by atoms with Crippen LogP contribution in [0.15, 0.2) is 48.5 Å². The van der Waals surface area contributed by atoms with Crippen LogP contribution in [-0.2, 0) is 13.4 Å². The van der Waals surface area contributed by atoms with Gasteiger partial charge in [0.05, 0.1) is 5.54 Å². The molecular weight excluding hydrogens is 372 g/mol. The molecule has 1 atom stereocenters. The quantitative estimate of drug-likeness (QED) is 0.585. The second kappa shape index (κ2) is 8.32. The molecule has 0 saturated heterocycles. The molecule has 6 nitrogen and oxygen atoms in total. The molecule has 2 aromatic carbocycles. The van der Waals surface area contributed by atoms with Gasteiger partial charge in [0.2, 0.25) is 0 Å². The molecule has 2 aromatic rings. The van der Waals surface area contributed by atoms with Gasteiger partial charge < -0.3 is 9.05 Å². The molecule has 0 bridgehead atoms. The Morgan fingerprint density at radius 1 is 0.846 bits per heavy atom. The zero-order valence-corrected chi connectivity index (χ0v) is 17.3. The molecule has 0 aliphatic rings. The Bertz CT molecular complexity index is 746. The summed E-state index contributed by atoms with van der Waals surface area (Å²) in [5.41, 5.74) is 1.55.